The maximum atomic E-state index is 11.7. The number of hydrogen-bond acceptors (Lipinski definition) is 5. The fraction of sp³-hybridized carbons (Fsp3) is 0.200. The Balaban J connectivity index is 3.32. The molecule has 0 saturated carbocycles. The number of esters is 1. The first kappa shape index (κ1) is 14.5. The highest BCUT2D eigenvalue weighted by atomic mass is 35.5. The van der Waals surface area contributed by atoms with Crippen LogP contribution in [0.25, 0.3) is 0 Å². The summed E-state index contributed by atoms with van der Waals surface area (Å²) in [5, 5.41) is 8.36. The zero-order chi connectivity index (χ0) is 13.9. The normalized spacial score (nSPS) is 11.0. The average Bonchev–Trinajstić information content (AvgIpc) is 2.26. The fourth-order valence-corrected chi connectivity index (χ4v) is 2.85. The lowest BCUT2D eigenvalue weighted by Gasteiger charge is -2.06. The highest BCUT2D eigenvalue weighted by Crippen LogP contribution is 2.24. The van der Waals surface area contributed by atoms with E-state index in [4.69, 9.17) is 16.7 Å². The molecule has 0 aromatic heterocycles. The van der Waals surface area contributed by atoms with Gasteiger partial charge in [0.1, 0.15) is 0 Å². The van der Waals surface area contributed by atoms with Crippen LogP contribution in [0.4, 0.5) is 0 Å². The van der Waals surface area contributed by atoms with Crippen molar-refractivity contribution in [2.75, 3.05) is 12.9 Å². The number of rotatable bonds is 4. The summed E-state index contributed by atoms with van der Waals surface area (Å²) in [6.45, 7) is 0. The van der Waals surface area contributed by atoms with Gasteiger partial charge in [0.25, 0.3) is 0 Å². The third-order valence-electron chi connectivity index (χ3n) is 2.00. The summed E-state index contributed by atoms with van der Waals surface area (Å²) in [7, 11) is -2.95. The lowest BCUT2D eigenvalue weighted by Crippen LogP contribution is -2.16. The second kappa shape index (κ2) is 5.36. The van der Waals surface area contributed by atoms with Crippen molar-refractivity contribution in [3.63, 3.8) is 0 Å². The number of carbonyl (C=O) groups excluding carboxylic acids is 1. The number of aliphatic carboxylic acids is 1. The maximum Gasteiger partial charge on any atom is 0.337 e. The largest absolute Gasteiger partial charge is 0.480 e. The average molecular weight is 293 g/mol. The molecule has 0 aliphatic rings. The Morgan fingerprint density at radius 3 is 2.50 bits per heavy atom. The van der Waals surface area contributed by atoms with Crippen LogP contribution in [0.15, 0.2) is 23.1 Å². The number of hydrogen-bond donors (Lipinski definition) is 1. The van der Waals surface area contributed by atoms with E-state index in [-0.39, 0.29) is 10.6 Å². The van der Waals surface area contributed by atoms with E-state index in [1.165, 1.54) is 12.1 Å². The number of methoxy groups -OCH3 is 1. The maximum absolute atomic E-state index is 11.7. The van der Waals surface area contributed by atoms with E-state index in [1.54, 1.807) is 0 Å². The summed E-state index contributed by atoms with van der Waals surface area (Å²) in [5.74, 6) is -3.34. The Bertz CT molecular complexity index is 592. The molecule has 0 unspecified atom stereocenters. The van der Waals surface area contributed by atoms with Gasteiger partial charge in [-0.25, -0.2) is 13.2 Å². The fourth-order valence-electron chi connectivity index (χ4n) is 1.23. The third-order valence-corrected chi connectivity index (χ3v) is 4.08. The highest BCUT2D eigenvalue weighted by molar-refractivity contribution is 7.92. The number of halogens is 1. The van der Waals surface area contributed by atoms with E-state index in [0.29, 0.717) is 0 Å². The van der Waals surface area contributed by atoms with Gasteiger partial charge < -0.3 is 9.84 Å². The van der Waals surface area contributed by atoms with Crippen molar-refractivity contribution >= 4 is 33.4 Å². The molecule has 6 nitrogen and oxygen atoms in total. The summed E-state index contributed by atoms with van der Waals surface area (Å²) < 4.78 is 27.9. The van der Waals surface area contributed by atoms with Crippen molar-refractivity contribution in [3.05, 3.63) is 28.8 Å². The van der Waals surface area contributed by atoms with Crippen LogP contribution in [0, 0.1) is 0 Å². The molecular weight excluding hydrogens is 284 g/mol. The zero-order valence-electron chi connectivity index (χ0n) is 9.21. The van der Waals surface area contributed by atoms with Crippen LogP contribution in [0.3, 0.4) is 0 Å². The first-order valence-corrected chi connectivity index (χ1v) is 6.63. The summed E-state index contributed by atoms with van der Waals surface area (Å²) in [6.07, 6.45) is 0. The number of benzene rings is 1. The molecule has 0 amide bonds. The molecule has 1 N–H and O–H groups in total. The quantitative estimate of drug-likeness (QED) is 0.831. The van der Waals surface area contributed by atoms with Gasteiger partial charge in [0.15, 0.2) is 15.6 Å². The first-order chi connectivity index (χ1) is 8.27. The van der Waals surface area contributed by atoms with E-state index in [1.807, 2.05) is 0 Å². The lowest BCUT2D eigenvalue weighted by molar-refractivity contribution is -0.134. The lowest BCUT2D eigenvalue weighted by atomic mass is 10.2. The van der Waals surface area contributed by atoms with Crippen molar-refractivity contribution in [2.24, 2.45) is 0 Å². The number of ether oxygens (including phenoxy) is 1. The van der Waals surface area contributed by atoms with Crippen molar-refractivity contribution in [2.45, 2.75) is 4.90 Å². The summed E-state index contributed by atoms with van der Waals surface area (Å²) in [5.41, 5.74) is -0.0223. The molecule has 0 atom stereocenters. The van der Waals surface area contributed by atoms with Crippen molar-refractivity contribution in [1.29, 1.82) is 0 Å². The van der Waals surface area contributed by atoms with Gasteiger partial charge in [0, 0.05) is 0 Å². The molecule has 0 heterocycles. The number of carboxylic acids is 1. The molecule has 0 spiro atoms. The number of sulfone groups is 1. The van der Waals surface area contributed by atoms with E-state index in [9.17, 15) is 18.0 Å². The van der Waals surface area contributed by atoms with Gasteiger partial charge in [-0.2, -0.15) is 0 Å². The Morgan fingerprint density at radius 2 is 2.00 bits per heavy atom. The van der Waals surface area contributed by atoms with Gasteiger partial charge in [-0.15, -0.1) is 0 Å². The van der Waals surface area contributed by atoms with Crippen LogP contribution in [0.5, 0.6) is 0 Å². The monoisotopic (exact) mass is 292 g/mol. The molecule has 0 fully saturated rings. The van der Waals surface area contributed by atoms with Gasteiger partial charge >= 0.3 is 11.9 Å². The Labute approximate surface area is 108 Å². The van der Waals surface area contributed by atoms with Crippen LogP contribution in [0.2, 0.25) is 5.02 Å². The topological polar surface area (TPSA) is 97.7 Å². The molecule has 0 saturated heterocycles. The van der Waals surface area contributed by atoms with E-state index in [0.717, 1.165) is 13.2 Å². The van der Waals surface area contributed by atoms with Gasteiger partial charge in [-0.3, -0.25) is 4.79 Å². The molecule has 1 aromatic rings. The van der Waals surface area contributed by atoms with Crippen LogP contribution >= 0.6 is 11.6 Å². The molecular formula is C10H9ClO6S. The molecule has 1 aromatic carbocycles. The first-order valence-electron chi connectivity index (χ1n) is 4.60. The minimum absolute atomic E-state index is 0.0223. The van der Waals surface area contributed by atoms with Gasteiger partial charge in [-0.1, -0.05) is 11.6 Å². The second-order valence-electron chi connectivity index (χ2n) is 3.29. The SMILES string of the molecule is COC(=O)c1ccc(Cl)c(S(=O)(=O)CC(=O)O)c1. The van der Waals surface area contributed by atoms with Crippen LogP contribution in [-0.2, 0) is 19.4 Å². The van der Waals surface area contributed by atoms with Gasteiger partial charge in [0.2, 0.25) is 0 Å². The molecule has 0 radical (unpaired) electrons. The predicted octanol–water partition coefficient (Wildman–Crippen LogP) is 0.985. The van der Waals surface area contributed by atoms with Crippen molar-refractivity contribution in [3.8, 4) is 0 Å². The third kappa shape index (κ3) is 3.21. The Morgan fingerprint density at radius 1 is 1.39 bits per heavy atom. The highest BCUT2D eigenvalue weighted by Gasteiger charge is 2.23. The molecule has 8 heteroatoms. The van der Waals surface area contributed by atoms with Crippen LogP contribution in [0.1, 0.15) is 10.4 Å². The van der Waals surface area contributed by atoms with Crippen molar-refractivity contribution < 1.29 is 27.9 Å². The molecule has 0 aliphatic carbocycles. The predicted molar refractivity (Wildman–Crippen MR) is 62.5 cm³/mol. The molecule has 98 valence electrons. The van der Waals surface area contributed by atoms with Crippen LogP contribution in [-0.4, -0.2) is 38.3 Å². The van der Waals surface area contributed by atoms with Crippen LogP contribution < -0.4 is 0 Å². The minimum Gasteiger partial charge on any atom is -0.480 e. The van der Waals surface area contributed by atoms with E-state index in [2.05, 4.69) is 4.74 Å². The molecule has 18 heavy (non-hydrogen) atoms. The number of carboxylic acid groups (broad SMARTS) is 1. The summed E-state index contributed by atoms with van der Waals surface area (Å²) >= 11 is 5.69. The van der Waals surface area contributed by atoms with Gasteiger partial charge in [-0.05, 0) is 18.2 Å². The minimum atomic E-state index is -4.09. The Kier molecular flexibility index (Phi) is 4.31. The molecule has 0 aliphatic heterocycles. The van der Waals surface area contributed by atoms with E-state index < -0.39 is 32.4 Å². The second-order valence-corrected chi connectivity index (χ2v) is 5.65. The van der Waals surface area contributed by atoms with E-state index >= 15 is 0 Å². The summed E-state index contributed by atoms with van der Waals surface area (Å²) in [6, 6.07) is 3.48. The Hall–Kier alpha value is -1.60. The van der Waals surface area contributed by atoms with Gasteiger partial charge in [0.05, 0.1) is 22.6 Å². The summed E-state index contributed by atoms with van der Waals surface area (Å²) in [4.78, 5) is 21.3. The standard InChI is InChI=1S/C10H9ClO6S/c1-17-10(14)6-2-3-7(11)8(4-6)18(15,16)5-9(12)13/h2-4H,5H2,1H3,(H,12,13). The van der Waals surface area contributed by atoms with Crippen molar-refractivity contribution in [1.82, 2.24) is 0 Å². The molecule has 1 rings (SSSR count). The smallest absolute Gasteiger partial charge is 0.337 e. The number of carbonyl (C=O) groups is 2. The zero-order valence-corrected chi connectivity index (χ0v) is 10.8. The molecule has 0 bridgehead atoms.